The third kappa shape index (κ3) is 2.04. The molecule has 0 saturated heterocycles. The number of carbonyl (C=O) groups is 1. The van der Waals surface area contributed by atoms with Crippen LogP contribution in [0.5, 0.6) is 0 Å². The number of nitrogens with zero attached hydrogens (tertiary/aromatic N) is 2. The number of aromatic amines is 1. The summed E-state index contributed by atoms with van der Waals surface area (Å²) in [7, 11) is 0. The number of carboxylic acids is 1. The summed E-state index contributed by atoms with van der Waals surface area (Å²) < 4.78 is 0.680. The molecule has 0 saturated carbocycles. The largest absolute Gasteiger partial charge is 0.477 e. The van der Waals surface area contributed by atoms with Crippen LogP contribution in [0, 0.1) is 0 Å². The van der Waals surface area contributed by atoms with E-state index in [4.69, 9.17) is 5.11 Å². The predicted molar refractivity (Wildman–Crippen MR) is 56.5 cm³/mol. The highest BCUT2D eigenvalue weighted by Crippen LogP contribution is 2.17. The number of carboxylic acid groups (broad SMARTS) is 1. The van der Waals surface area contributed by atoms with E-state index in [2.05, 4.69) is 31.1 Å². The van der Waals surface area contributed by atoms with Crippen LogP contribution in [0.2, 0.25) is 0 Å². The number of pyridine rings is 1. The first-order valence-electron chi connectivity index (χ1n) is 4.08. The first kappa shape index (κ1) is 9.85. The van der Waals surface area contributed by atoms with Gasteiger partial charge in [-0.25, -0.2) is 9.78 Å². The molecule has 0 aromatic carbocycles. The Morgan fingerprint density at radius 2 is 2.20 bits per heavy atom. The normalized spacial score (nSPS) is 10.2. The summed E-state index contributed by atoms with van der Waals surface area (Å²) in [4.78, 5) is 14.8. The fourth-order valence-corrected chi connectivity index (χ4v) is 1.46. The molecule has 2 aromatic rings. The minimum atomic E-state index is -1.04. The zero-order chi connectivity index (χ0) is 10.8. The Bertz CT molecular complexity index is 510. The topological polar surface area (TPSA) is 78.9 Å². The van der Waals surface area contributed by atoms with Gasteiger partial charge in [-0.15, -0.1) is 0 Å². The van der Waals surface area contributed by atoms with Crippen molar-refractivity contribution in [1.29, 1.82) is 0 Å². The highest BCUT2D eigenvalue weighted by molar-refractivity contribution is 9.10. The van der Waals surface area contributed by atoms with Crippen LogP contribution in [-0.2, 0) is 0 Å². The van der Waals surface area contributed by atoms with E-state index >= 15 is 0 Å². The molecule has 0 aliphatic carbocycles. The second-order valence-corrected chi connectivity index (χ2v) is 3.63. The first-order valence-corrected chi connectivity index (χ1v) is 4.88. The van der Waals surface area contributed by atoms with Crippen molar-refractivity contribution >= 4 is 21.9 Å². The SMILES string of the molecule is O=C(O)c1cc(-c2cccc(Br)n2)n[nH]1. The van der Waals surface area contributed by atoms with Gasteiger partial charge in [-0.05, 0) is 28.1 Å². The van der Waals surface area contributed by atoms with Crippen LogP contribution >= 0.6 is 15.9 Å². The second-order valence-electron chi connectivity index (χ2n) is 2.82. The highest BCUT2D eigenvalue weighted by atomic mass is 79.9. The number of halogens is 1. The average Bonchev–Trinajstić information content (AvgIpc) is 2.66. The molecule has 0 spiro atoms. The van der Waals surface area contributed by atoms with Gasteiger partial charge in [-0.3, -0.25) is 5.10 Å². The van der Waals surface area contributed by atoms with Gasteiger partial charge >= 0.3 is 5.97 Å². The van der Waals surface area contributed by atoms with Gasteiger partial charge in [0.2, 0.25) is 0 Å². The van der Waals surface area contributed by atoms with Gasteiger partial charge in [0.25, 0.3) is 0 Å². The summed E-state index contributed by atoms with van der Waals surface area (Å²) in [5.41, 5.74) is 1.17. The molecule has 6 heteroatoms. The highest BCUT2D eigenvalue weighted by Gasteiger charge is 2.09. The quantitative estimate of drug-likeness (QED) is 0.815. The number of hydrogen-bond acceptors (Lipinski definition) is 3. The van der Waals surface area contributed by atoms with E-state index in [1.54, 1.807) is 12.1 Å². The average molecular weight is 268 g/mol. The van der Waals surface area contributed by atoms with Gasteiger partial charge in [0.15, 0.2) is 0 Å². The predicted octanol–water partition coefficient (Wildman–Crippen LogP) is 1.93. The Morgan fingerprint density at radius 3 is 2.80 bits per heavy atom. The van der Waals surface area contributed by atoms with Crippen molar-refractivity contribution in [2.75, 3.05) is 0 Å². The maximum absolute atomic E-state index is 10.6. The van der Waals surface area contributed by atoms with Crippen molar-refractivity contribution in [3.05, 3.63) is 34.6 Å². The van der Waals surface area contributed by atoms with Crippen LogP contribution in [0.3, 0.4) is 0 Å². The fraction of sp³-hybridized carbons (Fsp3) is 0. The van der Waals surface area contributed by atoms with Crippen molar-refractivity contribution in [3.63, 3.8) is 0 Å². The molecule has 15 heavy (non-hydrogen) atoms. The molecule has 2 heterocycles. The van der Waals surface area contributed by atoms with E-state index in [-0.39, 0.29) is 5.69 Å². The monoisotopic (exact) mass is 267 g/mol. The number of aromatic carboxylic acids is 1. The second kappa shape index (κ2) is 3.82. The van der Waals surface area contributed by atoms with Crippen molar-refractivity contribution in [2.45, 2.75) is 0 Å². The zero-order valence-electron chi connectivity index (χ0n) is 7.44. The molecule has 0 bridgehead atoms. The summed E-state index contributed by atoms with van der Waals surface area (Å²) >= 11 is 3.23. The van der Waals surface area contributed by atoms with Crippen molar-refractivity contribution in [3.8, 4) is 11.4 Å². The molecule has 2 rings (SSSR count). The first-order chi connectivity index (χ1) is 7.16. The van der Waals surface area contributed by atoms with E-state index in [0.29, 0.717) is 16.0 Å². The zero-order valence-corrected chi connectivity index (χ0v) is 9.02. The Balaban J connectivity index is 2.41. The summed E-state index contributed by atoms with van der Waals surface area (Å²) in [6.45, 7) is 0. The molecule has 0 aliphatic rings. The summed E-state index contributed by atoms with van der Waals surface area (Å²) in [6, 6.07) is 6.79. The molecular weight excluding hydrogens is 262 g/mol. The third-order valence-corrected chi connectivity index (χ3v) is 2.23. The minimum Gasteiger partial charge on any atom is -0.477 e. The van der Waals surface area contributed by atoms with E-state index in [1.165, 1.54) is 6.07 Å². The van der Waals surface area contributed by atoms with E-state index in [1.807, 2.05) is 6.07 Å². The van der Waals surface area contributed by atoms with Crippen LogP contribution in [0.1, 0.15) is 10.5 Å². The molecule has 5 nitrogen and oxygen atoms in total. The van der Waals surface area contributed by atoms with Crippen LogP contribution in [0.25, 0.3) is 11.4 Å². The van der Waals surface area contributed by atoms with Crippen molar-refractivity contribution in [2.24, 2.45) is 0 Å². The molecule has 0 radical (unpaired) electrons. The van der Waals surface area contributed by atoms with Crippen LogP contribution in [0.4, 0.5) is 0 Å². The molecule has 0 aliphatic heterocycles. The lowest BCUT2D eigenvalue weighted by Gasteiger charge is -1.94. The number of aromatic nitrogens is 3. The molecule has 2 aromatic heterocycles. The Hall–Kier alpha value is -1.69. The van der Waals surface area contributed by atoms with Gasteiger partial charge in [-0.2, -0.15) is 5.10 Å². The lowest BCUT2D eigenvalue weighted by atomic mass is 10.2. The molecular formula is C9H6BrN3O2. The number of H-pyrrole nitrogens is 1. The molecule has 76 valence electrons. The number of rotatable bonds is 2. The molecule has 2 N–H and O–H groups in total. The minimum absolute atomic E-state index is 0.0479. The van der Waals surface area contributed by atoms with Gasteiger partial charge in [0, 0.05) is 6.07 Å². The standard InChI is InChI=1S/C9H6BrN3O2/c10-8-3-1-2-5(11-8)6-4-7(9(14)15)13-12-6/h1-4H,(H,12,13)(H,14,15). The van der Waals surface area contributed by atoms with E-state index in [9.17, 15) is 4.79 Å². The van der Waals surface area contributed by atoms with Crippen LogP contribution < -0.4 is 0 Å². The Labute approximate surface area is 93.3 Å². The van der Waals surface area contributed by atoms with E-state index < -0.39 is 5.97 Å². The third-order valence-electron chi connectivity index (χ3n) is 1.79. The van der Waals surface area contributed by atoms with Gasteiger partial charge in [0.05, 0.1) is 5.69 Å². The summed E-state index contributed by atoms with van der Waals surface area (Å²) in [5.74, 6) is -1.04. The number of hydrogen-bond donors (Lipinski definition) is 2. The van der Waals surface area contributed by atoms with Crippen molar-refractivity contribution in [1.82, 2.24) is 15.2 Å². The molecule has 0 amide bonds. The summed E-state index contributed by atoms with van der Waals surface area (Å²) in [6.07, 6.45) is 0. The Morgan fingerprint density at radius 1 is 1.40 bits per heavy atom. The van der Waals surface area contributed by atoms with E-state index in [0.717, 1.165) is 0 Å². The van der Waals surface area contributed by atoms with Crippen LogP contribution in [0.15, 0.2) is 28.9 Å². The lowest BCUT2D eigenvalue weighted by Crippen LogP contribution is -1.95. The van der Waals surface area contributed by atoms with Crippen molar-refractivity contribution < 1.29 is 9.90 Å². The van der Waals surface area contributed by atoms with Crippen LogP contribution in [-0.4, -0.2) is 26.3 Å². The molecule has 0 fully saturated rings. The maximum atomic E-state index is 10.6. The fourth-order valence-electron chi connectivity index (χ4n) is 1.11. The molecule has 0 atom stereocenters. The molecule has 0 unspecified atom stereocenters. The van der Waals surface area contributed by atoms with Gasteiger partial charge in [-0.1, -0.05) is 6.07 Å². The maximum Gasteiger partial charge on any atom is 0.353 e. The smallest absolute Gasteiger partial charge is 0.353 e. The lowest BCUT2D eigenvalue weighted by molar-refractivity contribution is 0.0690. The number of nitrogens with one attached hydrogen (secondary N) is 1. The summed E-state index contributed by atoms with van der Waals surface area (Å²) in [5, 5.41) is 15.0. The van der Waals surface area contributed by atoms with Gasteiger partial charge in [0.1, 0.15) is 16.0 Å². The van der Waals surface area contributed by atoms with Gasteiger partial charge < -0.3 is 5.11 Å². The Kier molecular flexibility index (Phi) is 2.51.